The van der Waals surface area contributed by atoms with Crippen molar-refractivity contribution in [2.24, 2.45) is 0 Å². The molecule has 5 heterocycles. The predicted molar refractivity (Wildman–Crippen MR) is 186 cm³/mol. The van der Waals surface area contributed by atoms with Crippen LogP contribution in [0.2, 0.25) is 0 Å². The maximum atomic E-state index is 6.38. The zero-order valence-electron chi connectivity index (χ0n) is 24.4. The molecule has 11 rings (SSSR count). The summed E-state index contributed by atoms with van der Waals surface area (Å²) in [5.41, 5.74) is 14.0. The zero-order valence-corrected chi connectivity index (χ0v) is 24.4. The maximum absolute atomic E-state index is 6.38. The van der Waals surface area contributed by atoms with Gasteiger partial charge in [0.15, 0.2) is 11.3 Å². The minimum Gasteiger partial charge on any atom is -0.455 e. The molecule has 0 fully saturated rings. The molecule has 0 unspecified atom stereocenters. The molecule has 0 aliphatic rings. The van der Waals surface area contributed by atoms with Crippen LogP contribution < -0.4 is 0 Å². The number of rotatable bonds is 2. The minimum absolute atomic E-state index is 0.835. The zero-order chi connectivity index (χ0) is 29.9. The average molecular weight is 590 g/mol. The van der Waals surface area contributed by atoms with Crippen LogP contribution in [0.3, 0.4) is 0 Å². The second-order valence-corrected chi connectivity index (χ2v) is 11.9. The first-order valence-corrected chi connectivity index (χ1v) is 15.4. The maximum Gasteiger partial charge on any atom is 0.183 e. The summed E-state index contributed by atoms with van der Waals surface area (Å²) in [6.45, 7) is 0. The molecule has 0 aliphatic carbocycles. The lowest BCUT2D eigenvalue weighted by atomic mass is 10.0. The fourth-order valence-electron chi connectivity index (χ4n) is 7.45. The number of benzene rings is 6. The molecule has 0 saturated carbocycles. The van der Waals surface area contributed by atoms with Gasteiger partial charge in [0, 0.05) is 27.4 Å². The van der Waals surface area contributed by atoms with Crippen LogP contribution in [-0.4, -0.2) is 23.3 Å². The lowest BCUT2D eigenvalue weighted by Crippen LogP contribution is -2.02. The van der Waals surface area contributed by atoms with Crippen molar-refractivity contribution >= 4 is 77.4 Å². The number of hydrogen-bond acceptors (Lipinski definition) is 3. The second-order valence-electron chi connectivity index (χ2n) is 11.9. The highest BCUT2D eigenvalue weighted by atomic mass is 16.3. The summed E-state index contributed by atoms with van der Waals surface area (Å²) in [4.78, 5) is 10.3. The van der Waals surface area contributed by atoms with Gasteiger partial charge in [-0.2, -0.15) is 0 Å². The van der Waals surface area contributed by atoms with Gasteiger partial charge in [0.05, 0.1) is 33.1 Å². The number of hydrogen-bond donors (Lipinski definition) is 0. The Balaban J connectivity index is 1.25. The molecule has 0 aliphatic heterocycles. The summed E-state index contributed by atoms with van der Waals surface area (Å²) in [7, 11) is 0. The van der Waals surface area contributed by atoms with Crippen molar-refractivity contribution < 1.29 is 4.42 Å². The molecule has 6 heteroatoms. The van der Waals surface area contributed by atoms with E-state index in [1.807, 2.05) is 24.3 Å². The molecule has 0 radical (unpaired) electrons. The highest BCUT2D eigenvalue weighted by Gasteiger charge is 2.24. The molecular weight excluding hydrogens is 566 g/mol. The Labute approximate surface area is 261 Å². The van der Waals surface area contributed by atoms with E-state index in [1.165, 1.54) is 0 Å². The van der Waals surface area contributed by atoms with E-state index in [1.54, 1.807) is 0 Å². The Morgan fingerprint density at radius 3 is 1.87 bits per heavy atom. The molecule has 0 atom stereocenters. The highest BCUT2D eigenvalue weighted by Crippen LogP contribution is 2.39. The number of para-hydroxylation sites is 7. The van der Waals surface area contributed by atoms with E-state index in [2.05, 4.69) is 129 Å². The third kappa shape index (κ3) is 3.00. The van der Waals surface area contributed by atoms with Crippen LogP contribution >= 0.6 is 0 Å². The standard InChI is InChI=1S/C40H23N5O/c1-5-16-32-29(11-1)36-40(45-34-18-7-4-15-31(34)42-39(45)38-41-30-14-3-6-17-33(30)44(36)38)43(32)25-22-20-24(21-23-25)26-12-9-13-28-27-10-2-8-19-35(27)46-37(26)28/h1-23H. The third-order valence-corrected chi connectivity index (χ3v) is 9.42. The van der Waals surface area contributed by atoms with E-state index in [4.69, 9.17) is 14.4 Å². The van der Waals surface area contributed by atoms with Crippen molar-refractivity contribution in [3.8, 4) is 16.8 Å². The van der Waals surface area contributed by atoms with Crippen molar-refractivity contribution in [2.45, 2.75) is 0 Å². The van der Waals surface area contributed by atoms with E-state index >= 15 is 0 Å². The van der Waals surface area contributed by atoms with Gasteiger partial charge in [-0.05, 0) is 54.1 Å². The van der Waals surface area contributed by atoms with Crippen molar-refractivity contribution in [2.75, 3.05) is 0 Å². The molecule has 46 heavy (non-hydrogen) atoms. The molecule has 0 amide bonds. The van der Waals surface area contributed by atoms with Gasteiger partial charge < -0.3 is 4.42 Å². The van der Waals surface area contributed by atoms with E-state index in [9.17, 15) is 0 Å². The SMILES string of the molecule is c1ccc2c(c1)nc1c3nc4ccccc4n3c3c(c4ccccc4n3-c3ccc(-c4cccc5c4oc4ccccc45)cc3)n21. The fourth-order valence-corrected chi connectivity index (χ4v) is 7.45. The Hall–Kier alpha value is -6.40. The molecule has 214 valence electrons. The third-order valence-electron chi connectivity index (χ3n) is 9.42. The van der Waals surface area contributed by atoms with Gasteiger partial charge in [-0.3, -0.25) is 13.4 Å². The van der Waals surface area contributed by atoms with E-state index in [0.29, 0.717) is 0 Å². The van der Waals surface area contributed by atoms with Crippen molar-refractivity contribution in [3.63, 3.8) is 0 Å². The summed E-state index contributed by atoms with van der Waals surface area (Å²) < 4.78 is 13.3. The summed E-state index contributed by atoms with van der Waals surface area (Å²) in [6.07, 6.45) is 0. The molecule has 0 N–H and O–H groups in total. The second kappa shape index (κ2) is 8.61. The first kappa shape index (κ1) is 24.0. The van der Waals surface area contributed by atoms with Crippen molar-refractivity contribution in [1.82, 2.24) is 23.3 Å². The summed E-state index contributed by atoms with van der Waals surface area (Å²) in [5, 5.41) is 3.42. The highest BCUT2D eigenvalue weighted by molar-refractivity contribution is 6.12. The normalized spacial score (nSPS) is 12.3. The Kier molecular flexibility index (Phi) is 4.49. The lowest BCUT2D eigenvalue weighted by Gasteiger charge is -2.12. The van der Waals surface area contributed by atoms with Crippen LogP contribution in [0.25, 0.3) is 94.2 Å². The van der Waals surface area contributed by atoms with E-state index < -0.39 is 0 Å². The van der Waals surface area contributed by atoms with E-state index in [0.717, 1.165) is 94.2 Å². The minimum atomic E-state index is 0.835. The van der Waals surface area contributed by atoms with Crippen LogP contribution in [0.1, 0.15) is 0 Å². The molecule has 6 nitrogen and oxygen atoms in total. The van der Waals surface area contributed by atoms with Crippen LogP contribution in [0.5, 0.6) is 0 Å². The largest absolute Gasteiger partial charge is 0.455 e. The van der Waals surface area contributed by atoms with Crippen LogP contribution in [0.4, 0.5) is 0 Å². The van der Waals surface area contributed by atoms with Crippen LogP contribution in [-0.2, 0) is 0 Å². The topological polar surface area (TPSA) is 52.7 Å². The van der Waals surface area contributed by atoms with E-state index in [-0.39, 0.29) is 0 Å². The average Bonchev–Trinajstić information content (AvgIpc) is 3.87. The predicted octanol–water partition coefficient (Wildman–Crippen LogP) is 9.95. The van der Waals surface area contributed by atoms with Crippen LogP contribution in [0.15, 0.2) is 144 Å². The number of nitrogens with zero attached hydrogens (tertiary/aromatic N) is 5. The molecule has 11 aromatic rings. The Morgan fingerprint density at radius 1 is 0.478 bits per heavy atom. The van der Waals surface area contributed by atoms with Gasteiger partial charge in [0.2, 0.25) is 0 Å². The quantitative estimate of drug-likeness (QED) is 0.202. The summed E-state index contributed by atoms with van der Waals surface area (Å²) in [6, 6.07) is 48.8. The van der Waals surface area contributed by atoms with Crippen molar-refractivity contribution in [3.05, 3.63) is 140 Å². The molecule has 5 aromatic heterocycles. The van der Waals surface area contributed by atoms with Crippen LogP contribution in [0, 0.1) is 0 Å². The summed E-state index contributed by atoms with van der Waals surface area (Å²) in [5.74, 6) is 0. The Bertz CT molecular complexity index is 3030. The monoisotopic (exact) mass is 589 g/mol. The smallest absolute Gasteiger partial charge is 0.183 e. The first-order chi connectivity index (χ1) is 22.8. The van der Waals surface area contributed by atoms with Gasteiger partial charge in [-0.1, -0.05) is 91.0 Å². The fraction of sp³-hybridized carbons (Fsp3) is 0. The number of aromatic nitrogens is 5. The molecule has 0 spiro atoms. The molecule has 0 bridgehead atoms. The van der Waals surface area contributed by atoms with Gasteiger partial charge in [0.25, 0.3) is 0 Å². The van der Waals surface area contributed by atoms with Gasteiger partial charge >= 0.3 is 0 Å². The number of fused-ring (bicyclic) bond motifs is 15. The number of furan rings is 1. The van der Waals surface area contributed by atoms with Gasteiger partial charge in [0.1, 0.15) is 16.8 Å². The summed E-state index contributed by atoms with van der Waals surface area (Å²) >= 11 is 0. The Morgan fingerprint density at radius 2 is 1.09 bits per heavy atom. The van der Waals surface area contributed by atoms with Gasteiger partial charge in [-0.15, -0.1) is 0 Å². The molecule has 0 saturated heterocycles. The van der Waals surface area contributed by atoms with Gasteiger partial charge in [-0.25, -0.2) is 9.97 Å². The van der Waals surface area contributed by atoms with Crippen molar-refractivity contribution in [1.29, 1.82) is 0 Å². The number of imidazole rings is 2. The molecular formula is C40H23N5O. The molecule has 6 aromatic carbocycles. The lowest BCUT2D eigenvalue weighted by molar-refractivity contribution is 0.670. The first-order valence-electron chi connectivity index (χ1n) is 15.4.